The maximum atomic E-state index is 12.2. The molecule has 3 rings (SSSR count). The Morgan fingerprint density at radius 2 is 1.84 bits per heavy atom. The number of anilines is 2. The molecule has 0 radical (unpaired) electrons. The zero-order chi connectivity index (χ0) is 17.6. The number of nitrogens with one attached hydrogen (secondary N) is 1. The fraction of sp³-hybridized carbons (Fsp3) is 0.650. The highest BCUT2D eigenvalue weighted by molar-refractivity contribution is 5.91. The third kappa shape index (κ3) is 5.44. The van der Waals surface area contributed by atoms with Gasteiger partial charge >= 0.3 is 0 Å². The second-order valence-corrected chi connectivity index (χ2v) is 7.68. The first-order valence-corrected chi connectivity index (χ1v) is 9.66. The summed E-state index contributed by atoms with van der Waals surface area (Å²) in [5.74, 6) is 0.879. The molecule has 0 bridgehead atoms. The Balaban J connectivity index is 1.43. The lowest BCUT2D eigenvalue weighted by molar-refractivity contribution is -0.116. The third-order valence-corrected chi connectivity index (χ3v) is 5.42. The van der Waals surface area contributed by atoms with E-state index in [2.05, 4.69) is 46.1 Å². The van der Waals surface area contributed by atoms with Crippen molar-refractivity contribution in [2.24, 2.45) is 5.92 Å². The molecule has 1 aromatic carbocycles. The summed E-state index contributed by atoms with van der Waals surface area (Å²) in [6.45, 7) is 9.78. The van der Waals surface area contributed by atoms with E-state index >= 15 is 0 Å². The second-order valence-electron chi connectivity index (χ2n) is 7.68. The molecule has 5 nitrogen and oxygen atoms in total. The zero-order valence-electron chi connectivity index (χ0n) is 15.7. The number of amides is 1. The first-order chi connectivity index (χ1) is 12.1. The van der Waals surface area contributed by atoms with Gasteiger partial charge in [0.15, 0.2) is 0 Å². The molecule has 2 aliphatic heterocycles. The van der Waals surface area contributed by atoms with Gasteiger partial charge in [-0.2, -0.15) is 0 Å². The van der Waals surface area contributed by atoms with Crippen molar-refractivity contribution in [2.75, 3.05) is 63.1 Å². The third-order valence-electron chi connectivity index (χ3n) is 5.42. The number of benzene rings is 1. The maximum Gasteiger partial charge on any atom is 0.225 e. The van der Waals surface area contributed by atoms with Crippen LogP contribution in [0.4, 0.5) is 11.4 Å². The molecule has 1 amide bonds. The smallest absolute Gasteiger partial charge is 0.225 e. The number of likely N-dealkylation sites (tertiary alicyclic amines) is 1. The van der Waals surface area contributed by atoms with Crippen molar-refractivity contribution in [3.05, 3.63) is 24.3 Å². The number of rotatable bonds is 5. The summed E-state index contributed by atoms with van der Waals surface area (Å²) >= 11 is 0. The van der Waals surface area contributed by atoms with Crippen molar-refractivity contribution in [2.45, 2.75) is 26.2 Å². The van der Waals surface area contributed by atoms with Gasteiger partial charge in [-0.3, -0.25) is 4.79 Å². The molecule has 138 valence electrons. The molecule has 2 heterocycles. The highest BCUT2D eigenvalue weighted by Gasteiger charge is 2.17. The van der Waals surface area contributed by atoms with Crippen LogP contribution in [-0.4, -0.2) is 68.6 Å². The van der Waals surface area contributed by atoms with E-state index in [0.717, 1.165) is 57.4 Å². The summed E-state index contributed by atoms with van der Waals surface area (Å²) < 4.78 is 0. The average molecular weight is 345 g/mol. The number of likely N-dealkylation sites (N-methyl/N-ethyl adjacent to an activating group) is 1. The normalized spacial score (nSPS) is 22.8. The lowest BCUT2D eigenvalue weighted by atomic mass is 10.0. The monoisotopic (exact) mass is 344 g/mol. The van der Waals surface area contributed by atoms with Crippen LogP contribution in [0, 0.1) is 5.92 Å². The Hall–Kier alpha value is -1.59. The van der Waals surface area contributed by atoms with E-state index in [1.54, 1.807) is 0 Å². The van der Waals surface area contributed by atoms with Gasteiger partial charge in [-0.1, -0.05) is 6.92 Å². The summed E-state index contributed by atoms with van der Waals surface area (Å²) in [5, 5.41) is 3.04. The van der Waals surface area contributed by atoms with Gasteiger partial charge in [-0.05, 0) is 56.6 Å². The predicted molar refractivity (Wildman–Crippen MR) is 104 cm³/mol. The largest absolute Gasteiger partial charge is 0.369 e. The van der Waals surface area contributed by atoms with Crippen LogP contribution in [0.5, 0.6) is 0 Å². The fourth-order valence-electron chi connectivity index (χ4n) is 3.79. The average Bonchev–Trinajstić information content (AvgIpc) is 2.62. The first kappa shape index (κ1) is 18.2. The summed E-state index contributed by atoms with van der Waals surface area (Å²) in [6.07, 6.45) is 3.16. The van der Waals surface area contributed by atoms with Crippen LogP contribution in [0.25, 0.3) is 0 Å². The number of piperidine rings is 1. The van der Waals surface area contributed by atoms with Crippen LogP contribution in [-0.2, 0) is 4.79 Å². The van der Waals surface area contributed by atoms with Gasteiger partial charge in [0, 0.05) is 57.1 Å². The standard InChI is InChI=1S/C20H32N4O/c1-17-4-3-10-23(16-17)11-9-20(25)21-18-5-7-19(8-6-18)24-14-12-22(2)13-15-24/h5-8,17H,3-4,9-16H2,1-2H3,(H,21,25). The zero-order valence-corrected chi connectivity index (χ0v) is 15.7. The van der Waals surface area contributed by atoms with Crippen LogP contribution in [0.2, 0.25) is 0 Å². The number of hydrogen-bond acceptors (Lipinski definition) is 4. The molecule has 2 saturated heterocycles. The van der Waals surface area contributed by atoms with Gasteiger partial charge in [0.05, 0.1) is 0 Å². The number of carbonyl (C=O) groups excluding carboxylic acids is 1. The van der Waals surface area contributed by atoms with Crippen molar-refractivity contribution >= 4 is 17.3 Å². The molecule has 1 N–H and O–H groups in total. The van der Waals surface area contributed by atoms with Crippen molar-refractivity contribution in [1.29, 1.82) is 0 Å². The minimum atomic E-state index is 0.116. The lowest BCUT2D eigenvalue weighted by Crippen LogP contribution is -2.44. The minimum absolute atomic E-state index is 0.116. The van der Waals surface area contributed by atoms with Crippen molar-refractivity contribution in [1.82, 2.24) is 9.80 Å². The van der Waals surface area contributed by atoms with Crippen LogP contribution in [0.15, 0.2) is 24.3 Å². The Kier molecular flexibility index (Phi) is 6.32. The molecule has 1 aromatic rings. The van der Waals surface area contributed by atoms with Crippen molar-refractivity contribution in [3.8, 4) is 0 Å². The predicted octanol–water partition coefficient (Wildman–Crippen LogP) is 2.50. The van der Waals surface area contributed by atoms with Crippen molar-refractivity contribution < 1.29 is 4.79 Å². The summed E-state index contributed by atoms with van der Waals surface area (Å²) in [6, 6.07) is 8.28. The SMILES string of the molecule is CC1CCCN(CCC(=O)Nc2ccc(N3CCN(C)CC3)cc2)C1. The van der Waals surface area contributed by atoms with Crippen molar-refractivity contribution in [3.63, 3.8) is 0 Å². The van der Waals surface area contributed by atoms with Crippen LogP contribution >= 0.6 is 0 Å². The minimum Gasteiger partial charge on any atom is -0.369 e. The molecule has 1 atom stereocenters. The van der Waals surface area contributed by atoms with Gasteiger partial charge in [-0.15, -0.1) is 0 Å². The fourth-order valence-corrected chi connectivity index (χ4v) is 3.79. The van der Waals surface area contributed by atoms with Crippen LogP contribution in [0.3, 0.4) is 0 Å². The van der Waals surface area contributed by atoms with E-state index in [9.17, 15) is 4.79 Å². The lowest BCUT2D eigenvalue weighted by Gasteiger charge is -2.34. The van der Waals surface area contributed by atoms with E-state index in [-0.39, 0.29) is 5.91 Å². The quantitative estimate of drug-likeness (QED) is 0.891. The number of hydrogen-bond donors (Lipinski definition) is 1. The Bertz CT molecular complexity index is 551. The number of nitrogens with zero attached hydrogens (tertiary/aromatic N) is 3. The van der Waals surface area contributed by atoms with E-state index in [1.165, 1.54) is 18.5 Å². The molecule has 0 aliphatic carbocycles. The van der Waals surface area contributed by atoms with Gasteiger partial charge in [0.1, 0.15) is 0 Å². The van der Waals surface area contributed by atoms with E-state index in [1.807, 2.05) is 12.1 Å². The number of carbonyl (C=O) groups is 1. The molecular weight excluding hydrogens is 312 g/mol. The van der Waals surface area contributed by atoms with Gasteiger partial charge in [0.25, 0.3) is 0 Å². The highest BCUT2D eigenvalue weighted by atomic mass is 16.1. The Labute approximate surface area is 152 Å². The van der Waals surface area contributed by atoms with E-state index in [0.29, 0.717) is 6.42 Å². The molecule has 0 aromatic heterocycles. The topological polar surface area (TPSA) is 38.8 Å². The molecule has 2 fully saturated rings. The summed E-state index contributed by atoms with van der Waals surface area (Å²) in [4.78, 5) is 19.4. The highest BCUT2D eigenvalue weighted by Crippen LogP contribution is 2.20. The molecule has 0 saturated carbocycles. The number of piperazine rings is 1. The molecule has 5 heteroatoms. The first-order valence-electron chi connectivity index (χ1n) is 9.66. The van der Waals surface area contributed by atoms with E-state index in [4.69, 9.17) is 0 Å². The Morgan fingerprint density at radius 1 is 1.12 bits per heavy atom. The summed E-state index contributed by atoms with van der Waals surface area (Å²) in [5.41, 5.74) is 2.14. The molecular formula is C20H32N4O. The maximum absolute atomic E-state index is 12.2. The van der Waals surface area contributed by atoms with E-state index < -0.39 is 0 Å². The molecule has 1 unspecified atom stereocenters. The molecule has 0 spiro atoms. The van der Waals surface area contributed by atoms with Gasteiger partial charge in [-0.25, -0.2) is 0 Å². The molecule has 25 heavy (non-hydrogen) atoms. The molecule has 2 aliphatic rings. The van der Waals surface area contributed by atoms with Crippen LogP contribution in [0.1, 0.15) is 26.2 Å². The summed E-state index contributed by atoms with van der Waals surface area (Å²) in [7, 11) is 2.17. The van der Waals surface area contributed by atoms with Gasteiger partial charge in [0.2, 0.25) is 5.91 Å². The second kappa shape index (κ2) is 8.68. The Morgan fingerprint density at radius 3 is 2.52 bits per heavy atom. The van der Waals surface area contributed by atoms with Gasteiger partial charge < -0.3 is 20.0 Å². The van der Waals surface area contributed by atoms with Crippen LogP contribution < -0.4 is 10.2 Å².